The summed E-state index contributed by atoms with van der Waals surface area (Å²) < 4.78 is 16.8. The molecule has 2 aliphatic heterocycles. The SMILES string of the molecule is CC1CN(C(=O)N(Cc2ccc(C(=O)CO)cc2)c2cccc(-c3ccc4c(c3)OCO4)c2)CC(C)O1. The predicted molar refractivity (Wildman–Crippen MR) is 139 cm³/mol. The highest BCUT2D eigenvalue weighted by molar-refractivity contribution is 5.97. The lowest BCUT2D eigenvalue weighted by molar-refractivity contribution is -0.0537. The minimum atomic E-state index is -0.538. The molecule has 1 fully saturated rings. The number of hydrogen-bond acceptors (Lipinski definition) is 6. The molecule has 2 aliphatic rings. The van der Waals surface area contributed by atoms with Crippen LogP contribution in [0.1, 0.15) is 29.8 Å². The van der Waals surface area contributed by atoms with Gasteiger partial charge in [0.25, 0.3) is 0 Å². The van der Waals surface area contributed by atoms with E-state index in [1.54, 1.807) is 17.0 Å². The molecule has 2 amide bonds. The largest absolute Gasteiger partial charge is 0.454 e. The Labute approximate surface area is 216 Å². The van der Waals surface area contributed by atoms with Gasteiger partial charge in [-0.3, -0.25) is 9.69 Å². The number of urea groups is 1. The van der Waals surface area contributed by atoms with Gasteiger partial charge in [0.15, 0.2) is 17.3 Å². The van der Waals surface area contributed by atoms with Gasteiger partial charge in [0.2, 0.25) is 6.79 Å². The van der Waals surface area contributed by atoms with Crippen molar-refractivity contribution >= 4 is 17.5 Å². The fraction of sp³-hybridized carbons (Fsp3) is 0.310. The lowest BCUT2D eigenvalue weighted by Crippen LogP contribution is -2.52. The molecule has 8 nitrogen and oxygen atoms in total. The lowest BCUT2D eigenvalue weighted by Gasteiger charge is -2.38. The summed E-state index contributed by atoms with van der Waals surface area (Å²) in [6.07, 6.45) is -0.114. The normalized spacial score (nSPS) is 18.5. The molecule has 3 aromatic rings. The van der Waals surface area contributed by atoms with Gasteiger partial charge in [0, 0.05) is 24.3 Å². The number of amides is 2. The zero-order valence-electron chi connectivity index (χ0n) is 20.9. The third-order valence-electron chi connectivity index (χ3n) is 6.54. The molecule has 0 aromatic heterocycles. The second kappa shape index (κ2) is 10.6. The summed E-state index contributed by atoms with van der Waals surface area (Å²) in [5.41, 5.74) is 3.96. The molecule has 0 saturated carbocycles. The summed E-state index contributed by atoms with van der Waals surface area (Å²) in [4.78, 5) is 29.3. The van der Waals surface area contributed by atoms with Crippen LogP contribution in [0.5, 0.6) is 11.5 Å². The highest BCUT2D eigenvalue weighted by Gasteiger charge is 2.30. The molecular weight excluding hydrogens is 472 g/mol. The fourth-order valence-corrected chi connectivity index (χ4v) is 4.77. The average molecular weight is 503 g/mol. The Morgan fingerprint density at radius 1 is 0.919 bits per heavy atom. The smallest absolute Gasteiger partial charge is 0.324 e. The van der Waals surface area contributed by atoms with Gasteiger partial charge >= 0.3 is 6.03 Å². The van der Waals surface area contributed by atoms with Gasteiger partial charge in [0.05, 0.1) is 18.8 Å². The lowest BCUT2D eigenvalue weighted by atomic mass is 10.0. The Bertz CT molecular complexity index is 1280. The fourth-order valence-electron chi connectivity index (χ4n) is 4.77. The number of anilines is 1. The van der Waals surface area contributed by atoms with E-state index in [-0.39, 0.29) is 30.8 Å². The quantitative estimate of drug-likeness (QED) is 0.500. The highest BCUT2D eigenvalue weighted by atomic mass is 16.7. The molecular formula is C29H30N2O6. The summed E-state index contributed by atoms with van der Waals surface area (Å²) in [7, 11) is 0. The van der Waals surface area contributed by atoms with E-state index in [4.69, 9.17) is 19.3 Å². The van der Waals surface area contributed by atoms with Crippen molar-refractivity contribution in [2.24, 2.45) is 0 Å². The number of carbonyl (C=O) groups is 2. The molecule has 37 heavy (non-hydrogen) atoms. The highest BCUT2D eigenvalue weighted by Crippen LogP contribution is 2.37. The summed E-state index contributed by atoms with van der Waals surface area (Å²) >= 11 is 0. The molecule has 8 heteroatoms. The first-order valence-corrected chi connectivity index (χ1v) is 12.4. The standard InChI is InChI=1S/C29H30N2O6/c1-19-14-30(15-20(2)37-19)29(34)31(16-21-6-8-22(9-7-21)26(33)17-32)25-5-3-4-23(12-25)24-10-11-27-28(13-24)36-18-35-27/h3-13,19-20,32H,14-18H2,1-2H3. The third kappa shape index (κ3) is 5.45. The van der Waals surface area contributed by atoms with Gasteiger partial charge in [0.1, 0.15) is 6.61 Å². The van der Waals surface area contributed by atoms with Crippen LogP contribution in [-0.4, -0.2) is 60.5 Å². The minimum absolute atomic E-state index is 0.0571. The molecule has 2 heterocycles. The number of nitrogens with zero attached hydrogens (tertiary/aromatic N) is 2. The molecule has 1 saturated heterocycles. The van der Waals surface area contributed by atoms with Gasteiger partial charge < -0.3 is 24.2 Å². The molecule has 2 atom stereocenters. The minimum Gasteiger partial charge on any atom is -0.454 e. The van der Waals surface area contributed by atoms with E-state index in [1.165, 1.54) is 0 Å². The van der Waals surface area contributed by atoms with Gasteiger partial charge in [-0.05, 0) is 54.8 Å². The van der Waals surface area contributed by atoms with Crippen molar-refractivity contribution in [3.63, 3.8) is 0 Å². The molecule has 192 valence electrons. The molecule has 1 N–H and O–H groups in total. The van der Waals surface area contributed by atoms with Crippen molar-refractivity contribution in [2.75, 3.05) is 31.4 Å². The Hall–Kier alpha value is -3.88. The second-order valence-electron chi connectivity index (χ2n) is 9.43. The van der Waals surface area contributed by atoms with Crippen LogP contribution in [0.4, 0.5) is 10.5 Å². The number of fused-ring (bicyclic) bond motifs is 1. The van der Waals surface area contributed by atoms with E-state index in [0.29, 0.717) is 30.9 Å². The number of morpholine rings is 1. The summed E-state index contributed by atoms with van der Waals surface area (Å²) in [5, 5.41) is 9.15. The van der Waals surface area contributed by atoms with E-state index in [1.807, 2.05) is 73.3 Å². The van der Waals surface area contributed by atoms with Gasteiger partial charge in [-0.1, -0.05) is 42.5 Å². The summed E-state index contributed by atoms with van der Waals surface area (Å²) in [5.74, 6) is 1.08. The van der Waals surface area contributed by atoms with E-state index < -0.39 is 6.61 Å². The first kappa shape index (κ1) is 24.8. The van der Waals surface area contributed by atoms with Crippen molar-refractivity contribution < 1.29 is 28.9 Å². The van der Waals surface area contributed by atoms with E-state index in [0.717, 1.165) is 28.1 Å². The zero-order chi connectivity index (χ0) is 25.9. The molecule has 0 bridgehead atoms. The Balaban J connectivity index is 1.47. The van der Waals surface area contributed by atoms with Crippen LogP contribution < -0.4 is 14.4 Å². The average Bonchev–Trinajstić information content (AvgIpc) is 3.39. The van der Waals surface area contributed by atoms with Crippen LogP contribution in [0.3, 0.4) is 0 Å². The number of benzene rings is 3. The van der Waals surface area contributed by atoms with Crippen molar-refractivity contribution in [1.82, 2.24) is 4.90 Å². The molecule has 2 unspecified atom stereocenters. The monoisotopic (exact) mass is 502 g/mol. The van der Waals surface area contributed by atoms with E-state index in [2.05, 4.69) is 0 Å². The molecule has 0 aliphatic carbocycles. The number of aliphatic hydroxyl groups is 1. The Morgan fingerprint density at radius 3 is 2.35 bits per heavy atom. The first-order chi connectivity index (χ1) is 17.9. The van der Waals surface area contributed by atoms with Crippen LogP contribution >= 0.6 is 0 Å². The number of ketones is 1. The maximum absolute atomic E-state index is 13.9. The summed E-state index contributed by atoms with van der Waals surface area (Å²) in [6, 6.07) is 20.5. The number of Topliss-reactive ketones (excluding diaryl/α,β-unsaturated/α-hetero) is 1. The molecule has 0 spiro atoms. The Morgan fingerprint density at radius 2 is 1.62 bits per heavy atom. The molecule has 0 radical (unpaired) electrons. The van der Waals surface area contributed by atoms with E-state index in [9.17, 15) is 9.59 Å². The molecule has 3 aromatic carbocycles. The number of aliphatic hydroxyl groups excluding tert-OH is 1. The summed E-state index contributed by atoms with van der Waals surface area (Å²) in [6.45, 7) is 4.94. The first-order valence-electron chi connectivity index (χ1n) is 12.4. The number of ether oxygens (including phenoxy) is 3. The van der Waals surface area contributed by atoms with Gasteiger partial charge in [-0.2, -0.15) is 0 Å². The number of rotatable bonds is 6. The predicted octanol–water partition coefficient (Wildman–Crippen LogP) is 4.49. The second-order valence-corrected chi connectivity index (χ2v) is 9.43. The number of carbonyl (C=O) groups excluding carboxylic acids is 2. The van der Waals surface area contributed by atoms with Crippen LogP contribution in [0.25, 0.3) is 11.1 Å². The van der Waals surface area contributed by atoms with E-state index >= 15 is 0 Å². The van der Waals surface area contributed by atoms with Gasteiger partial charge in [-0.25, -0.2) is 4.79 Å². The van der Waals surface area contributed by atoms with Crippen molar-refractivity contribution in [1.29, 1.82) is 0 Å². The van der Waals surface area contributed by atoms with Crippen LogP contribution in [-0.2, 0) is 11.3 Å². The maximum atomic E-state index is 13.9. The third-order valence-corrected chi connectivity index (χ3v) is 6.54. The topological polar surface area (TPSA) is 88.5 Å². The van der Waals surface area contributed by atoms with Crippen LogP contribution in [0.2, 0.25) is 0 Å². The Kier molecular flexibility index (Phi) is 7.12. The molecule has 5 rings (SSSR count). The van der Waals surface area contributed by atoms with Crippen LogP contribution in [0, 0.1) is 0 Å². The maximum Gasteiger partial charge on any atom is 0.324 e. The zero-order valence-corrected chi connectivity index (χ0v) is 20.9. The van der Waals surface area contributed by atoms with Crippen molar-refractivity contribution in [3.8, 4) is 22.6 Å². The number of hydrogen-bond donors (Lipinski definition) is 1. The van der Waals surface area contributed by atoms with Crippen molar-refractivity contribution in [2.45, 2.75) is 32.6 Å². The van der Waals surface area contributed by atoms with Crippen LogP contribution in [0.15, 0.2) is 66.7 Å². The van der Waals surface area contributed by atoms with Crippen molar-refractivity contribution in [3.05, 3.63) is 77.9 Å². The van der Waals surface area contributed by atoms with Gasteiger partial charge in [-0.15, -0.1) is 0 Å².